The number of fused-ring (bicyclic) bond motifs is 2. The molecule has 1 aliphatic heterocycles. The third-order valence-electron chi connectivity index (χ3n) is 4.81. The second kappa shape index (κ2) is 5.80. The van der Waals surface area contributed by atoms with Gasteiger partial charge in [-0.3, -0.25) is 4.90 Å². The highest BCUT2D eigenvalue weighted by molar-refractivity contribution is 5.95. The third kappa shape index (κ3) is 2.59. The molecule has 0 amide bonds. The fraction of sp³-hybridized carbons (Fsp3) is 0.250. The first-order chi connectivity index (χ1) is 11.6. The minimum atomic E-state index is -1.02. The maximum Gasteiger partial charge on any atom is 0.372 e. The van der Waals surface area contributed by atoms with E-state index in [1.54, 1.807) is 6.92 Å². The molecule has 0 spiro atoms. The van der Waals surface area contributed by atoms with Gasteiger partial charge in [-0.05, 0) is 42.2 Å². The van der Waals surface area contributed by atoms with Gasteiger partial charge in [-0.15, -0.1) is 0 Å². The number of benzene rings is 2. The minimum absolute atomic E-state index is 0.0362. The van der Waals surface area contributed by atoms with E-state index in [1.165, 1.54) is 16.7 Å². The molecule has 122 valence electrons. The van der Waals surface area contributed by atoms with E-state index in [4.69, 9.17) is 4.42 Å². The maximum atomic E-state index is 11.2. The highest BCUT2D eigenvalue weighted by Gasteiger charge is 2.19. The molecular formula is C20H19NO3. The van der Waals surface area contributed by atoms with Crippen molar-refractivity contribution in [1.82, 2.24) is 4.90 Å². The molecular weight excluding hydrogens is 302 g/mol. The number of carbonyl (C=O) groups is 1. The van der Waals surface area contributed by atoms with E-state index in [-0.39, 0.29) is 5.76 Å². The van der Waals surface area contributed by atoms with Gasteiger partial charge in [-0.25, -0.2) is 4.79 Å². The number of aromatic carboxylic acids is 1. The van der Waals surface area contributed by atoms with Crippen molar-refractivity contribution >= 4 is 16.9 Å². The molecule has 0 radical (unpaired) electrons. The molecule has 4 rings (SSSR count). The number of hydrogen-bond acceptors (Lipinski definition) is 3. The van der Waals surface area contributed by atoms with Gasteiger partial charge < -0.3 is 9.52 Å². The fourth-order valence-corrected chi connectivity index (χ4v) is 3.52. The van der Waals surface area contributed by atoms with Gasteiger partial charge in [-0.2, -0.15) is 0 Å². The van der Waals surface area contributed by atoms with Crippen molar-refractivity contribution in [3.05, 3.63) is 70.5 Å². The second-order valence-electron chi connectivity index (χ2n) is 6.42. The summed E-state index contributed by atoms with van der Waals surface area (Å²) in [6, 6.07) is 14.6. The predicted molar refractivity (Wildman–Crippen MR) is 92.2 cm³/mol. The summed E-state index contributed by atoms with van der Waals surface area (Å²) < 4.78 is 5.44. The van der Waals surface area contributed by atoms with Crippen LogP contribution in [0.5, 0.6) is 0 Å². The molecule has 0 saturated carbocycles. The highest BCUT2D eigenvalue weighted by Crippen LogP contribution is 2.27. The Morgan fingerprint density at radius 1 is 1.21 bits per heavy atom. The number of carboxylic acid groups (broad SMARTS) is 1. The van der Waals surface area contributed by atoms with E-state index in [1.807, 2.05) is 12.1 Å². The Balaban J connectivity index is 1.59. The van der Waals surface area contributed by atoms with Crippen LogP contribution in [0.15, 0.2) is 46.9 Å². The molecule has 2 heterocycles. The lowest BCUT2D eigenvalue weighted by atomic mass is 9.99. The van der Waals surface area contributed by atoms with E-state index < -0.39 is 5.97 Å². The van der Waals surface area contributed by atoms with E-state index in [0.29, 0.717) is 11.1 Å². The molecule has 4 nitrogen and oxygen atoms in total. The predicted octanol–water partition coefficient (Wildman–Crippen LogP) is 4.00. The standard InChI is InChI=1S/C20H19NO3/c1-13-17-10-14(6-7-18(17)24-19(13)20(22)23)11-21-9-8-15-4-2-3-5-16(15)12-21/h2-7,10H,8-9,11-12H2,1H3,(H,22,23). The Bertz CT molecular complexity index is 926. The van der Waals surface area contributed by atoms with Crippen LogP contribution >= 0.6 is 0 Å². The highest BCUT2D eigenvalue weighted by atomic mass is 16.4. The first kappa shape index (κ1) is 15.0. The van der Waals surface area contributed by atoms with Crippen molar-refractivity contribution in [2.24, 2.45) is 0 Å². The van der Waals surface area contributed by atoms with E-state index in [0.717, 1.165) is 31.4 Å². The molecule has 0 unspecified atom stereocenters. The van der Waals surface area contributed by atoms with Crippen molar-refractivity contribution in [1.29, 1.82) is 0 Å². The minimum Gasteiger partial charge on any atom is -0.475 e. The summed E-state index contributed by atoms with van der Waals surface area (Å²) in [7, 11) is 0. The van der Waals surface area contributed by atoms with Crippen LogP contribution in [0.25, 0.3) is 11.0 Å². The van der Waals surface area contributed by atoms with E-state index in [2.05, 4.69) is 35.2 Å². The van der Waals surface area contributed by atoms with Gasteiger partial charge in [0.15, 0.2) is 0 Å². The van der Waals surface area contributed by atoms with Crippen molar-refractivity contribution in [2.45, 2.75) is 26.4 Å². The topological polar surface area (TPSA) is 53.7 Å². The normalized spacial score (nSPS) is 14.7. The number of furan rings is 1. The zero-order valence-electron chi connectivity index (χ0n) is 13.6. The summed E-state index contributed by atoms with van der Waals surface area (Å²) in [6.45, 7) is 4.66. The number of carboxylic acids is 1. The molecule has 0 bridgehead atoms. The van der Waals surface area contributed by atoms with Crippen LogP contribution in [-0.2, 0) is 19.5 Å². The van der Waals surface area contributed by atoms with Gasteiger partial charge in [0.05, 0.1) is 0 Å². The summed E-state index contributed by atoms with van der Waals surface area (Å²) in [5.74, 6) is -0.980. The molecule has 0 saturated heterocycles. The Morgan fingerprint density at radius 2 is 2.00 bits per heavy atom. The van der Waals surface area contributed by atoms with Crippen LogP contribution in [0.2, 0.25) is 0 Å². The number of aryl methyl sites for hydroxylation is 1. The molecule has 4 heteroatoms. The summed E-state index contributed by atoms with van der Waals surface area (Å²) in [6.07, 6.45) is 1.08. The van der Waals surface area contributed by atoms with Crippen LogP contribution in [0.4, 0.5) is 0 Å². The zero-order valence-corrected chi connectivity index (χ0v) is 13.6. The molecule has 3 aromatic rings. The van der Waals surface area contributed by atoms with E-state index in [9.17, 15) is 9.90 Å². The lowest BCUT2D eigenvalue weighted by molar-refractivity contribution is 0.0664. The number of nitrogens with zero attached hydrogens (tertiary/aromatic N) is 1. The molecule has 0 fully saturated rings. The lowest BCUT2D eigenvalue weighted by Gasteiger charge is -2.28. The van der Waals surface area contributed by atoms with Crippen LogP contribution in [-0.4, -0.2) is 22.5 Å². The van der Waals surface area contributed by atoms with E-state index >= 15 is 0 Å². The molecule has 2 aromatic carbocycles. The van der Waals surface area contributed by atoms with Gasteiger partial charge >= 0.3 is 5.97 Å². The van der Waals surface area contributed by atoms with Gasteiger partial charge in [0, 0.05) is 30.6 Å². The van der Waals surface area contributed by atoms with Crippen molar-refractivity contribution in [2.75, 3.05) is 6.54 Å². The van der Waals surface area contributed by atoms with Crippen LogP contribution in [0.1, 0.15) is 32.8 Å². The lowest BCUT2D eigenvalue weighted by Crippen LogP contribution is -2.29. The molecule has 1 N–H and O–H groups in total. The first-order valence-electron chi connectivity index (χ1n) is 8.16. The number of hydrogen-bond donors (Lipinski definition) is 1. The van der Waals surface area contributed by atoms with Crippen LogP contribution < -0.4 is 0 Å². The Morgan fingerprint density at radius 3 is 2.79 bits per heavy atom. The quantitative estimate of drug-likeness (QED) is 0.792. The summed E-state index contributed by atoms with van der Waals surface area (Å²) >= 11 is 0. The van der Waals surface area contributed by atoms with Crippen molar-refractivity contribution < 1.29 is 14.3 Å². The number of rotatable bonds is 3. The van der Waals surface area contributed by atoms with Crippen LogP contribution in [0.3, 0.4) is 0 Å². The third-order valence-corrected chi connectivity index (χ3v) is 4.81. The average Bonchev–Trinajstić information content (AvgIpc) is 2.92. The second-order valence-corrected chi connectivity index (χ2v) is 6.42. The molecule has 1 aromatic heterocycles. The monoisotopic (exact) mass is 321 g/mol. The van der Waals surface area contributed by atoms with Gasteiger partial charge in [0.1, 0.15) is 5.58 Å². The summed E-state index contributed by atoms with van der Waals surface area (Å²) in [5.41, 5.74) is 5.36. The van der Waals surface area contributed by atoms with Crippen molar-refractivity contribution in [3.8, 4) is 0 Å². The molecule has 0 aliphatic carbocycles. The smallest absolute Gasteiger partial charge is 0.372 e. The Labute approximate surface area is 140 Å². The maximum absolute atomic E-state index is 11.2. The molecule has 24 heavy (non-hydrogen) atoms. The molecule has 0 atom stereocenters. The first-order valence-corrected chi connectivity index (χ1v) is 8.16. The molecule has 1 aliphatic rings. The summed E-state index contributed by atoms with van der Waals surface area (Å²) in [5, 5.41) is 10.1. The SMILES string of the molecule is Cc1c(C(=O)O)oc2ccc(CN3CCc4ccccc4C3)cc12. The van der Waals surface area contributed by atoms with Gasteiger partial charge in [0.2, 0.25) is 5.76 Å². The Hall–Kier alpha value is -2.59. The van der Waals surface area contributed by atoms with Crippen LogP contribution in [0, 0.1) is 6.92 Å². The Kier molecular flexibility index (Phi) is 3.62. The average molecular weight is 321 g/mol. The van der Waals surface area contributed by atoms with Crippen molar-refractivity contribution in [3.63, 3.8) is 0 Å². The van der Waals surface area contributed by atoms with Gasteiger partial charge in [0.25, 0.3) is 0 Å². The van der Waals surface area contributed by atoms with Gasteiger partial charge in [-0.1, -0.05) is 30.3 Å². The zero-order chi connectivity index (χ0) is 16.7. The summed E-state index contributed by atoms with van der Waals surface area (Å²) in [4.78, 5) is 13.6. The largest absolute Gasteiger partial charge is 0.475 e. The fourth-order valence-electron chi connectivity index (χ4n) is 3.52.